The number of benzene rings is 2. The van der Waals surface area contributed by atoms with Gasteiger partial charge in [0, 0.05) is 38.3 Å². The van der Waals surface area contributed by atoms with Crippen LogP contribution in [0.15, 0.2) is 48.5 Å². The van der Waals surface area contributed by atoms with Crippen molar-refractivity contribution in [1.29, 1.82) is 0 Å². The molecule has 142 valence electrons. The van der Waals surface area contributed by atoms with Gasteiger partial charge < -0.3 is 19.9 Å². The fourth-order valence-corrected chi connectivity index (χ4v) is 3.19. The van der Waals surface area contributed by atoms with Gasteiger partial charge in [-0.2, -0.15) is 0 Å². The van der Waals surface area contributed by atoms with Gasteiger partial charge in [-0.15, -0.1) is 0 Å². The van der Waals surface area contributed by atoms with E-state index in [1.807, 2.05) is 49.4 Å². The summed E-state index contributed by atoms with van der Waals surface area (Å²) in [5.41, 5.74) is 2.65. The molecule has 2 aromatic carbocycles. The highest BCUT2D eigenvalue weighted by Crippen LogP contribution is 2.20. The van der Waals surface area contributed by atoms with Crippen LogP contribution in [0.2, 0.25) is 0 Å². The molecule has 0 radical (unpaired) electrons. The highest BCUT2D eigenvalue weighted by Gasteiger charge is 2.25. The number of nitrogens with one attached hydrogen (secondary N) is 1. The molecule has 0 unspecified atom stereocenters. The van der Waals surface area contributed by atoms with Crippen LogP contribution in [0.1, 0.15) is 21.5 Å². The van der Waals surface area contributed by atoms with E-state index in [-0.39, 0.29) is 11.9 Å². The Morgan fingerprint density at radius 2 is 1.67 bits per heavy atom. The van der Waals surface area contributed by atoms with Crippen LogP contribution in [0.4, 0.5) is 4.79 Å². The van der Waals surface area contributed by atoms with E-state index in [2.05, 4.69) is 5.32 Å². The number of amides is 3. The molecular formula is C21H25N3O3. The Morgan fingerprint density at radius 3 is 2.30 bits per heavy atom. The number of hydrogen-bond donors (Lipinski definition) is 1. The third-order valence-electron chi connectivity index (χ3n) is 4.78. The van der Waals surface area contributed by atoms with Gasteiger partial charge in [-0.05, 0) is 36.2 Å². The molecule has 1 aliphatic rings. The summed E-state index contributed by atoms with van der Waals surface area (Å²) in [6.45, 7) is 4.54. The standard InChI is InChI=1S/C21H25N3O3/c1-16-14-18(8-9-19(16)27-2)20(25)23-10-12-24(13-11-23)21(26)22-15-17-6-4-3-5-7-17/h3-9,14H,10-13,15H2,1-2H3,(H,22,26). The molecule has 1 saturated heterocycles. The molecule has 0 saturated carbocycles. The number of carbonyl (C=O) groups is 2. The molecule has 1 aliphatic heterocycles. The SMILES string of the molecule is COc1ccc(C(=O)N2CCN(C(=O)NCc3ccccc3)CC2)cc1C. The number of hydrogen-bond acceptors (Lipinski definition) is 3. The molecule has 0 spiro atoms. The van der Waals surface area contributed by atoms with E-state index in [9.17, 15) is 9.59 Å². The fourth-order valence-electron chi connectivity index (χ4n) is 3.19. The monoisotopic (exact) mass is 367 g/mol. The van der Waals surface area contributed by atoms with Crippen LogP contribution in [-0.2, 0) is 6.54 Å². The highest BCUT2D eigenvalue weighted by molar-refractivity contribution is 5.94. The number of urea groups is 1. The third kappa shape index (κ3) is 4.58. The Balaban J connectivity index is 1.51. The summed E-state index contributed by atoms with van der Waals surface area (Å²) < 4.78 is 5.24. The number of methoxy groups -OCH3 is 1. The van der Waals surface area contributed by atoms with Crippen molar-refractivity contribution in [3.63, 3.8) is 0 Å². The lowest BCUT2D eigenvalue weighted by molar-refractivity contribution is 0.0665. The van der Waals surface area contributed by atoms with Gasteiger partial charge in [0.05, 0.1) is 7.11 Å². The van der Waals surface area contributed by atoms with Crippen LogP contribution in [0.5, 0.6) is 5.75 Å². The molecule has 0 aliphatic carbocycles. The van der Waals surface area contributed by atoms with Gasteiger partial charge in [0.2, 0.25) is 0 Å². The van der Waals surface area contributed by atoms with Crippen molar-refractivity contribution in [2.75, 3.05) is 33.3 Å². The predicted molar refractivity (Wildman–Crippen MR) is 104 cm³/mol. The Hall–Kier alpha value is -3.02. The van der Waals surface area contributed by atoms with Crippen molar-refractivity contribution in [2.24, 2.45) is 0 Å². The molecule has 3 amide bonds. The predicted octanol–water partition coefficient (Wildman–Crippen LogP) is 2.67. The summed E-state index contributed by atoms with van der Waals surface area (Å²) in [5, 5.41) is 2.93. The number of ether oxygens (including phenoxy) is 1. The third-order valence-corrected chi connectivity index (χ3v) is 4.78. The number of aryl methyl sites for hydroxylation is 1. The minimum absolute atomic E-state index is 0.00917. The van der Waals surface area contributed by atoms with Crippen LogP contribution in [0.25, 0.3) is 0 Å². The molecule has 6 heteroatoms. The lowest BCUT2D eigenvalue weighted by Gasteiger charge is -2.34. The minimum atomic E-state index is -0.0914. The van der Waals surface area contributed by atoms with Crippen LogP contribution < -0.4 is 10.1 Å². The quantitative estimate of drug-likeness (QED) is 0.904. The molecule has 6 nitrogen and oxygen atoms in total. The first-order chi connectivity index (χ1) is 13.1. The Labute approximate surface area is 159 Å². The first-order valence-corrected chi connectivity index (χ1v) is 9.09. The summed E-state index contributed by atoms with van der Waals surface area (Å²) in [7, 11) is 1.62. The van der Waals surface area contributed by atoms with Crippen LogP contribution >= 0.6 is 0 Å². The van der Waals surface area contributed by atoms with Gasteiger partial charge in [-0.25, -0.2) is 4.79 Å². The molecule has 27 heavy (non-hydrogen) atoms. The van der Waals surface area contributed by atoms with E-state index in [4.69, 9.17) is 4.74 Å². The van der Waals surface area contributed by atoms with Crippen molar-refractivity contribution in [3.05, 3.63) is 65.2 Å². The number of nitrogens with zero attached hydrogens (tertiary/aromatic N) is 2. The van der Waals surface area contributed by atoms with Crippen molar-refractivity contribution in [1.82, 2.24) is 15.1 Å². The molecule has 1 N–H and O–H groups in total. The lowest BCUT2D eigenvalue weighted by Crippen LogP contribution is -2.53. The van der Waals surface area contributed by atoms with Gasteiger partial charge in [-0.1, -0.05) is 30.3 Å². The Kier molecular flexibility index (Phi) is 5.96. The summed E-state index contributed by atoms with van der Waals surface area (Å²) in [6, 6.07) is 15.2. The summed E-state index contributed by atoms with van der Waals surface area (Å²) in [4.78, 5) is 28.6. The van der Waals surface area contributed by atoms with E-state index in [0.29, 0.717) is 38.3 Å². The van der Waals surface area contributed by atoms with E-state index in [1.165, 1.54) is 0 Å². The van der Waals surface area contributed by atoms with Gasteiger partial charge in [0.25, 0.3) is 5.91 Å². The smallest absolute Gasteiger partial charge is 0.317 e. The number of piperazine rings is 1. The van der Waals surface area contributed by atoms with Crippen molar-refractivity contribution < 1.29 is 14.3 Å². The molecular weight excluding hydrogens is 342 g/mol. The molecule has 1 heterocycles. The molecule has 3 rings (SSSR count). The number of carbonyl (C=O) groups excluding carboxylic acids is 2. The Morgan fingerprint density at radius 1 is 1.00 bits per heavy atom. The lowest BCUT2D eigenvalue weighted by atomic mass is 10.1. The second-order valence-corrected chi connectivity index (χ2v) is 6.61. The van der Waals surface area contributed by atoms with Gasteiger partial charge in [0.15, 0.2) is 0 Å². The molecule has 0 atom stereocenters. The van der Waals surface area contributed by atoms with Crippen molar-refractivity contribution in [2.45, 2.75) is 13.5 Å². The maximum Gasteiger partial charge on any atom is 0.317 e. The van der Waals surface area contributed by atoms with Gasteiger partial charge in [0.1, 0.15) is 5.75 Å². The zero-order valence-electron chi connectivity index (χ0n) is 15.8. The summed E-state index contributed by atoms with van der Waals surface area (Å²) >= 11 is 0. The van der Waals surface area contributed by atoms with Gasteiger partial charge in [-0.3, -0.25) is 4.79 Å². The average molecular weight is 367 g/mol. The zero-order valence-corrected chi connectivity index (χ0v) is 15.8. The second kappa shape index (κ2) is 8.58. The summed E-state index contributed by atoms with van der Waals surface area (Å²) in [6.07, 6.45) is 0. The zero-order chi connectivity index (χ0) is 19.2. The topological polar surface area (TPSA) is 61.9 Å². The first kappa shape index (κ1) is 18.8. The molecule has 2 aromatic rings. The molecule has 0 bridgehead atoms. The van der Waals surface area contributed by atoms with Crippen molar-refractivity contribution >= 4 is 11.9 Å². The van der Waals surface area contributed by atoms with Gasteiger partial charge >= 0.3 is 6.03 Å². The van der Waals surface area contributed by atoms with E-state index in [1.54, 1.807) is 23.0 Å². The minimum Gasteiger partial charge on any atom is -0.496 e. The second-order valence-electron chi connectivity index (χ2n) is 6.61. The Bertz CT molecular complexity index is 800. The fraction of sp³-hybridized carbons (Fsp3) is 0.333. The summed E-state index contributed by atoms with van der Waals surface area (Å²) in [5.74, 6) is 0.761. The van der Waals surface area contributed by atoms with Crippen LogP contribution in [0, 0.1) is 6.92 Å². The molecule has 0 aromatic heterocycles. The average Bonchev–Trinajstić information content (AvgIpc) is 2.72. The van der Waals surface area contributed by atoms with E-state index < -0.39 is 0 Å². The maximum atomic E-state index is 12.7. The first-order valence-electron chi connectivity index (χ1n) is 9.09. The molecule has 1 fully saturated rings. The van der Waals surface area contributed by atoms with Crippen LogP contribution in [0.3, 0.4) is 0 Å². The van der Waals surface area contributed by atoms with E-state index >= 15 is 0 Å². The number of rotatable bonds is 4. The van der Waals surface area contributed by atoms with Crippen LogP contribution in [-0.4, -0.2) is 55.0 Å². The largest absolute Gasteiger partial charge is 0.496 e. The van der Waals surface area contributed by atoms with E-state index in [0.717, 1.165) is 16.9 Å². The normalized spacial score (nSPS) is 14.0. The highest BCUT2D eigenvalue weighted by atomic mass is 16.5. The maximum absolute atomic E-state index is 12.7. The van der Waals surface area contributed by atoms with Crippen molar-refractivity contribution in [3.8, 4) is 5.75 Å².